The van der Waals surface area contributed by atoms with Crippen LogP contribution in [0.1, 0.15) is 99.8 Å². The molecule has 0 spiro atoms. The van der Waals surface area contributed by atoms with Gasteiger partial charge in [0.25, 0.3) is 0 Å². The van der Waals surface area contributed by atoms with Crippen LogP contribution in [0.2, 0.25) is 0 Å². The summed E-state index contributed by atoms with van der Waals surface area (Å²) in [7, 11) is 0. The molecule has 1 saturated carbocycles. The lowest BCUT2D eigenvalue weighted by molar-refractivity contribution is 0.271. The quantitative estimate of drug-likeness (QED) is 0.438. The smallest absolute Gasteiger partial charge is 0.00670 e. The van der Waals surface area contributed by atoms with E-state index in [-0.39, 0.29) is 0 Å². The van der Waals surface area contributed by atoms with Crippen molar-refractivity contribution in [1.29, 1.82) is 0 Å². The second kappa shape index (κ2) is 9.30. The van der Waals surface area contributed by atoms with Crippen molar-refractivity contribution in [3.63, 3.8) is 0 Å². The van der Waals surface area contributed by atoms with Gasteiger partial charge in [-0.3, -0.25) is 0 Å². The average molecular weight is 310 g/mol. The van der Waals surface area contributed by atoms with E-state index in [4.69, 9.17) is 0 Å². The van der Waals surface area contributed by atoms with Gasteiger partial charge in [-0.25, -0.2) is 0 Å². The summed E-state index contributed by atoms with van der Waals surface area (Å²) in [5.41, 5.74) is 0.736. The zero-order chi connectivity index (χ0) is 16.8. The highest BCUT2D eigenvalue weighted by atomic mass is 14.9. The molecule has 1 fully saturated rings. The first kappa shape index (κ1) is 20.0. The molecule has 0 aromatic carbocycles. The summed E-state index contributed by atoms with van der Waals surface area (Å²) >= 11 is 0. The summed E-state index contributed by atoms with van der Waals surface area (Å²) in [6.07, 6.45) is 11.3. The van der Waals surface area contributed by atoms with Crippen LogP contribution in [0, 0.1) is 23.2 Å². The maximum atomic E-state index is 3.88. The van der Waals surface area contributed by atoms with Gasteiger partial charge in [0, 0.05) is 12.1 Å². The van der Waals surface area contributed by atoms with Crippen molar-refractivity contribution in [3.05, 3.63) is 0 Å². The molecule has 0 aromatic heterocycles. The Kier molecular flexibility index (Phi) is 8.46. The summed E-state index contributed by atoms with van der Waals surface area (Å²) < 4.78 is 0. The maximum Gasteiger partial charge on any atom is 0.00670 e. The third-order valence-corrected chi connectivity index (χ3v) is 6.33. The van der Waals surface area contributed by atoms with Crippen LogP contribution >= 0.6 is 0 Å². The summed E-state index contributed by atoms with van der Waals surface area (Å²) in [4.78, 5) is 0. The molecule has 132 valence electrons. The second-order valence-electron chi connectivity index (χ2n) is 8.94. The first-order chi connectivity index (χ1) is 10.3. The van der Waals surface area contributed by atoms with Crippen LogP contribution in [0.25, 0.3) is 0 Å². The minimum absolute atomic E-state index is 0.659. The number of rotatable bonds is 12. The SMILES string of the molecule is CCCC1(CC(C)C(C)NC(C)CCCC(C)C(C)C)CC1. The normalized spacial score (nSPS) is 22.4. The molecule has 0 heterocycles. The molecule has 0 radical (unpaired) electrons. The number of hydrogen-bond donors (Lipinski definition) is 1. The molecule has 1 N–H and O–H groups in total. The summed E-state index contributed by atoms with van der Waals surface area (Å²) in [5, 5.41) is 3.88. The van der Waals surface area contributed by atoms with Crippen molar-refractivity contribution in [3.8, 4) is 0 Å². The monoisotopic (exact) mass is 309 g/mol. The Balaban J connectivity index is 2.21. The molecule has 1 nitrogen and oxygen atoms in total. The van der Waals surface area contributed by atoms with Crippen LogP contribution in [0.4, 0.5) is 0 Å². The maximum absolute atomic E-state index is 3.88. The molecule has 1 heteroatoms. The van der Waals surface area contributed by atoms with Gasteiger partial charge in [0.2, 0.25) is 0 Å². The predicted octanol–water partition coefficient (Wildman–Crippen LogP) is 6.42. The molecule has 0 aliphatic heterocycles. The standard InChI is InChI=1S/C21H43N/c1-8-12-21(13-14-21)15-18(5)20(7)22-19(6)11-9-10-17(4)16(2)3/h16-20,22H,8-15H2,1-7H3. The molecular formula is C21H43N. The van der Waals surface area contributed by atoms with Gasteiger partial charge in [0.15, 0.2) is 0 Å². The van der Waals surface area contributed by atoms with Gasteiger partial charge in [-0.05, 0) is 69.1 Å². The Labute approximate surface area is 141 Å². The van der Waals surface area contributed by atoms with Crippen molar-refractivity contribution in [2.45, 2.75) is 112 Å². The van der Waals surface area contributed by atoms with Crippen molar-refractivity contribution in [2.75, 3.05) is 0 Å². The molecule has 1 aliphatic carbocycles. The van der Waals surface area contributed by atoms with Crippen LogP contribution in [0.5, 0.6) is 0 Å². The lowest BCUT2D eigenvalue weighted by atomic mass is 9.85. The fourth-order valence-electron chi connectivity index (χ4n) is 3.90. The Morgan fingerprint density at radius 3 is 2.05 bits per heavy atom. The van der Waals surface area contributed by atoms with Crippen molar-refractivity contribution >= 4 is 0 Å². The molecule has 22 heavy (non-hydrogen) atoms. The zero-order valence-electron chi connectivity index (χ0n) is 16.5. The summed E-state index contributed by atoms with van der Waals surface area (Å²) in [6.45, 7) is 16.7. The Hall–Kier alpha value is -0.0400. The largest absolute Gasteiger partial charge is 0.312 e. The third kappa shape index (κ3) is 7.02. The fourth-order valence-corrected chi connectivity index (χ4v) is 3.90. The number of hydrogen-bond acceptors (Lipinski definition) is 1. The highest BCUT2D eigenvalue weighted by Crippen LogP contribution is 2.54. The number of nitrogens with one attached hydrogen (secondary N) is 1. The van der Waals surface area contributed by atoms with E-state index < -0.39 is 0 Å². The second-order valence-corrected chi connectivity index (χ2v) is 8.94. The van der Waals surface area contributed by atoms with E-state index in [2.05, 4.69) is 53.8 Å². The van der Waals surface area contributed by atoms with E-state index >= 15 is 0 Å². The first-order valence-electron chi connectivity index (χ1n) is 10.1. The van der Waals surface area contributed by atoms with Crippen molar-refractivity contribution in [1.82, 2.24) is 5.32 Å². The van der Waals surface area contributed by atoms with Crippen molar-refractivity contribution in [2.24, 2.45) is 23.2 Å². The fraction of sp³-hybridized carbons (Fsp3) is 1.00. The molecule has 4 unspecified atom stereocenters. The van der Waals surface area contributed by atoms with E-state index in [1.54, 1.807) is 0 Å². The topological polar surface area (TPSA) is 12.0 Å². The zero-order valence-corrected chi connectivity index (χ0v) is 16.5. The van der Waals surface area contributed by atoms with Gasteiger partial charge >= 0.3 is 0 Å². The van der Waals surface area contributed by atoms with E-state index in [1.807, 2.05) is 0 Å². The van der Waals surface area contributed by atoms with Crippen LogP contribution in [0.15, 0.2) is 0 Å². The first-order valence-corrected chi connectivity index (χ1v) is 10.1. The van der Waals surface area contributed by atoms with Gasteiger partial charge in [-0.15, -0.1) is 0 Å². The van der Waals surface area contributed by atoms with E-state index in [0.717, 1.165) is 23.2 Å². The van der Waals surface area contributed by atoms with Crippen molar-refractivity contribution < 1.29 is 0 Å². The van der Waals surface area contributed by atoms with Gasteiger partial charge in [-0.1, -0.05) is 53.9 Å². The minimum atomic E-state index is 0.659. The lowest BCUT2D eigenvalue weighted by Crippen LogP contribution is -2.39. The molecule has 0 saturated heterocycles. The van der Waals surface area contributed by atoms with Gasteiger partial charge in [0.05, 0.1) is 0 Å². The van der Waals surface area contributed by atoms with Gasteiger partial charge in [-0.2, -0.15) is 0 Å². The van der Waals surface area contributed by atoms with E-state index in [1.165, 1.54) is 51.4 Å². The van der Waals surface area contributed by atoms with Crippen LogP contribution in [-0.4, -0.2) is 12.1 Å². The molecule has 0 amide bonds. The highest BCUT2D eigenvalue weighted by molar-refractivity contribution is 4.94. The average Bonchev–Trinajstić information content (AvgIpc) is 3.18. The molecule has 1 aliphatic rings. The molecule has 4 atom stereocenters. The van der Waals surface area contributed by atoms with Gasteiger partial charge in [0.1, 0.15) is 0 Å². The Morgan fingerprint density at radius 1 is 0.909 bits per heavy atom. The van der Waals surface area contributed by atoms with Crippen LogP contribution in [-0.2, 0) is 0 Å². The van der Waals surface area contributed by atoms with Crippen LogP contribution in [0.3, 0.4) is 0 Å². The highest BCUT2D eigenvalue weighted by Gasteiger charge is 2.42. The predicted molar refractivity (Wildman–Crippen MR) is 100 cm³/mol. The minimum Gasteiger partial charge on any atom is -0.312 e. The summed E-state index contributed by atoms with van der Waals surface area (Å²) in [5.74, 6) is 2.51. The van der Waals surface area contributed by atoms with Crippen LogP contribution < -0.4 is 5.32 Å². The Bertz CT molecular complexity index is 292. The lowest BCUT2D eigenvalue weighted by Gasteiger charge is -2.29. The third-order valence-electron chi connectivity index (χ3n) is 6.33. The molecule has 0 bridgehead atoms. The molecule has 0 aromatic rings. The van der Waals surface area contributed by atoms with E-state index in [9.17, 15) is 0 Å². The Morgan fingerprint density at radius 2 is 1.55 bits per heavy atom. The summed E-state index contributed by atoms with van der Waals surface area (Å²) in [6, 6.07) is 1.32. The molecular weight excluding hydrogens is 266 g/mol. The molecule has 1 rings (SSSR count). The van der Waals surface area contributed by atoms with Gasteiger partial charge < -0.3 is 5.32 Å². The van der Waals surface area contributed by atoms with E-state index in [0.29, 0.717) is 12.1 Å².